The molecule has 0 atom stereocenters. The second-order valence-electron chi connectivity index (χ2n) is 5.82. The molecule has 0 unspecified atom stereocenters. The molecule has 0 saturated carbocycles. The molecule has 0 aliphatic rings. The van der Waals surface area contributed by atoms with Gasteiger partial charge >= 0.3 is 0 Å². The van der Waals surface area contributed by atoms with Crippen molar-refractivity contribution in [2.45, 2.75) is 13.8 Å². The lowest BCUT2D eigenvalue weighted by Gasteiger charge is -2.11. The van der Waals surface area contributed by atoms with Crippen LogP contribution in [0.15, 0.2) is 35.7 Å². The molecule has 0 radical (unpaired) electrons. The van der Waals surface area contributed by atoms with Gasteiger partial charge in [0.05, 0.1) is 5.69 Å². The predicted octanol–water partition coefficient (Wildman–Crippen LogP) is 4.50. The number of benzene rings is 1. The van der Waals surface area contributed by atoms with E-state index in [1.54, 1.807) is 11.3 Å². The van der Waals surface area contributed by atoms with Gasteiger partial charge in [-0.25, -0.2) is 4.98 Å². The second-order valence-corrected chi connectivity index (χ2v) is 6.68. The van der Waals surface area contributed by atoms with E-state index < -0.39 is 0 Å². The first-order valence-corrected chi connectivity index (χ1v) is 8.22. The number of aromatic nitrogens is 2. The summed E-state index contributed by atoms with van der Waals surface area (Å²) in [5, 5.41) is 3.22. The van der Waals surface area contributed by atoms with Gasteiger partial charge in [0.2, 0.25) is 0 Å². The fraction of sp³-hybridized carbons (Fsp3) is 0.278. The summed E-state index contributed by atoms with van der Waals surface area (Å²) in [6.45, 7) is 4.27. The highest BCUT2D eigenvalue weighted by molar-refractivity contribution is 7.13. The molecule has 0 amide bonds. The Morgan fingerprint density at radius 1 is 1.09 bits per heavy atom. The fourth-order valence-corrected chi connectivity index (χ4v) is 3.37. The van der Waals surface area contributed by atoms with E-state index in [-0.39, 0.29) is 0 Å². The van der Waals surface area contributed by atoms with Gasteiger partial charge in [-0.15, -0.1) is 11.3 Å². The lowest BCUT2D eigenvalue weighted by Crippen LogP contribution is -2.07. The Labute approximate surface area is 135 Å². The molecule has 0 saturated heterocycles. The molecule has 0 aliphatic carbocycles. The van der Waals surface area contributed by atoms with Crippen LogP contribution < -0.4 is 4.90 Å². The Morgan fingerprint density at radius 2 is 1.77 bits per heavy atom. The third-order valence-corrected chi connectivity index (χ3v) is 5.08. The van der Waals surface area contributed by atoms with E-state index in [0.717, 1.165) is 10.7 Å². The van der Waals surface area contributed by atoms with Crippen LogP contribution >= 0.6 is 11.3 Å². The second kappa shape index (κ2) is 5.61. The average Bonchev–Trinajstić information content (AvgIpc) is 3.08. The van der Waals surface area contributed by atoms with Crippen molar-refractivity contribution in [3.63, 3.8) is 0 Å². The molecular formula is C18H21N3S. The molecule has 3 rings (SSSR count). The lowest BCUT2D eigenvalue weighted by atomic mass is 10.2. The summed E-state index contributed by atoms with van der Waals surface area (Å²) in [6, 6.07) is 10.8. The topological polar surface area (TPSA) is 21.1 Å². The monoisotopic (exact) mass is 311 g/mol. The van der Waals surface area contributed by atoms with Gasteiger partial charge in [-0.2, -0.15) is 0 Å². The number of thiazole rings is 1. The van der Waals surface area contributed by atoms with E-state index in [1.807, 2.05) is 0 Å². The Hall–Kier alpha value is -2.07. The van der Waals surface area contributed by atoms with E-state index in [0.29, 0.717) is 0 Å². The third-order valence-electron chi connectivity index (χ3n) is 4.19. The van der Waals surface area contributed by atoms with Gasteiger partial charge in [0.15, 0.2) is 0 Å². The van der Waals surface area contributed by atoms with Gasteiger partial charge < -0.3 is 9.47 Å². The maximum Gasteiger partial charge on any atom is 0.124 e. The normalized spacial score (nSPS) is 11.0. The summed E-state index contributed by atoms with van der Waals surface area (Å²) in [7, 11) is 6.20. The minimum absolute atomic E-state index is 1.07. The first-order valence-electron chi connectivity index (χ1n) is 7.34. The lowest BCUT2D eigenvalue weighted by molar-refractivity contribution is 0.845. The number of hydrogen-bond donors (Lipinski definition) is 0. The molecule has 0 N–H and O–H groups in total. The van der Waals surface area contributed by atoms with Crippen molar-refractivity contribution in [3.8, 4) is 21.8 Å². The number of anilines is 1. The fourth-order valence-electron chi connectivity index (χ4n) is 2.55. The molecule has 4 heteroatoms. The summed E-state index contributed by atoms with van der Waals surface area (Å²) in [6.07, 6.45) is 0. The van der Waals surface area contributed by atoms with Gasteiger partial charge in [0.25, 0.3) is 0 Å². The van der Waals surface area contributed by atoms with Crippen LogP contribution in [0, 0.1) is 13.8 Å². The van der Waals surface area contributed by atoms with E-state index in [9.17, 15) is 0 Å². The molecule has 0 spiro atoms. The highest BCUT2D eigenvalue weighted by Gasteiger charge is 2.12. The van der Waals surface area contributed by atoms with Crippen LogP contribution in [-0.2, 0) is 7.05 Å². The smallest absolute Gasteiger partial charge is 0.124 e. The highest BCUT2D eigenvalue weighted by atomic mass is 32.1. The third kappa shape index (κ3) is 2.55. The van der Waals surface area contributed by atoms with Crippen molar-refractivity contribution in [2.75, 3.05) is 19.0 Å². The van der Waals surface area contributed by atoms with Crippen LogP contribution in [-0.4, -0.2) is 23.6 Å². The van der Waals surface area contributed by atoms with Crippen molar-refractivity contribution in [3.05, 3.63) is 47.1 Å². The summed E-state index contributed by atoms with van der Waals surface area (Å²) in [4.78, 5) is 6.94. The van der Waals surface area contributed by atoms with Gasteiger partial charge in [-0.3, -0.25) is 0 Å². The molecule has 2 aromatic heterocycles. The van der Waals surface area contributed by atoms with E-state index in [2.05, 4.69) is 80.2 Å². The molecule has 2 heterocycles. The van der Waals surface area contributed by atoms with Gasteiger partial charge in [0, 0.05) is 54.7 Å². The summed E-state index contributed by atoms with van der Waals surface area (Å²) in [5.41, 5.74) is 7.20. The van der Waals surface area contributed by atoms with Crippen LogP contribution in [0.2, 0.25) is 0 Å². The molecule has 3 aromatic rings. The zero-order valence-electron chi connectivity index (χ0n) is 13.7. The van der Waals surface area contributed by atoms with Crippen LogP contribution in [0.3, 0.4) is 0 Å². The minimum atomic E-state index is 1.07. The Morgan fingerprint density at radius 3 is 2.32 bits per heavy atom. The summed E-state index contributed by atoms with van der Waals surface area (Å²) >= 11 is 1.70. The quantitative estimate of drug-likeness (QED) is 0.710. The average molecular weight is 311 g/mol. The Balaban J connectivity index is 1.95. The first kappa shape index (κ1) is 14.9. The number of nitrogens with zero attached hydrogens (tertiary/aromatic N) is 3. The van der Waals surface area contributed by atoms with Crippen LogP contribution in [0.1, 0.15) is 11.4 Å². The molecule has 1 aromatic carbocycles. The van der Waals surface area contributed by atoms with Crippen molar-refractivity contribution in [1.82, 2.24) is 9.55 Å². The SMILES string of the molecule is Cc1cc(-c2csc(-c3ccc(N(C)C)cc3)n2)c(C)n1C. The molecule has 0 fully saturated rings. The zero-order valence-corrected chi connectivity index (χ0v) is 14.5. The predicted molar refractivity (Wildman–Crippen MR) is 95.8 cm³/mol. The van der Waals surface area contributed by atoms with Gasteiger partial charge in [0.1, 0.15) is 5.01 Å². The zero-order chi connectivity index (χ0) is 15.9. The Kier molecular flexibility index (Phi) is 3.79. The van der Waals surface area contributed by atoms with Gasteiger partial charge in [-0.1, -0.05) is 0 Å². The molecular weight excluding hydrogens is 290 g/mol. The van der Waals surface area contributed by atoms with Gasteiger partial charge in [-0.05, 0) is 44.2 Å². The van der Waals surface area contributed by atoms with Crippen molar-refractivity contribution < 1.29 is 0 Å². The molecule has 0 aliphatic heterocycles. The molecule has 3 nitrogen and oxygen atoms in total. The van der Waals surface area contributed by atoms with Crippen molar-refractivity contribution in [2.24, 2.45) is 7.05 Å². The largest absolute Gasteiger partial charge is 0.378 e. The van der Waals surface area contributed by atoms with Crippen molar-refractivity contribution >= 4 is 17.0 Å². The highest BCUT2D eigenvalue weighted by Crippen LogP contribution is 2.32. The molecule has 114 valence electrons. The number of hydrogen-bond acceptors (Lipinski definition) is 3. The van der Waals surface area contributed by atoms with E-state index in [1.165, 1.54) is 28.2 Å². The van der Waals surface area contributed by atoms with Crippen LogP contribution in [0.25, 0.3) is 21.8 Å². The molecule has 0 bridgehead atoms. The Bertz CT molecular complexity index is 794. The maximum atomic E-state index is 4.83. The van der Waals surface area contributed by atoms with E-state index >= 15 is 0 Å². The van der Waals surface area contributed by atoms with Crippen LogP contribution in [0.4, 0.5) is 5.69 Å². The van der Waals surface area contributed by atoms with Crippen LogP contribution in [0.5, 0.6) is 0 Å². The summed E-state index contributed by atoms with van der Waals surface area (Å²) < 4.78 is 2.21. The number of aryl methyl sites for hydroxylation is 1. The summed E-state index contributed by atoms with van der Waals surface area (Å²) in [5.74, 6) is 0. The number of rotatable bonds is 3. The van der Waals surface area contributed by atoms with Crippen molar-refractivity contribution in [1.29, 1.82) is 0 Å². The standard InChI is InChI=1S/C18H21N3S/c1-12-10-16(13(2)21(12)5)17-11-22-18(19-17)14-6-8-15(9-7-14)20(3)4/h6-11H,1-5H3. The van der Waals surface area contributed by atoms with E-state index in [4.69, 9.17) is 4.98 Å². The minimum Gasteiger partial charge on any atom is -0.378 e. The maximum absolute atomic E-state index is 4.83. The molecule has 22 heavy (non-hydrogen) atoms. The first-order chi connectivity index (χ1) is 10.5.